The molecular weight excluding hydrogens is 434 g/mol. The number of hydrogen-bond donors (Lipinski definition) is 0. The number of thioether (sulfide) groups is 2. The zero-order chi connectivity index (χ0) is 22.2. The number of rotatable bonds is 3. The van der Waals surface area contributed by atoms with Crippen LogP contribution in [-0.2, 0) is 4.79 Å². The van der Waals surface area contributed by atoms with Crippen LogP contribution in [0.2, 0.25) is 0 Å². The SMILES string of the molecule is CCN1C(=C2SC(=Nc3cccc(C)c3)N(c3cccc(C)c3)C2=O)Sc2ccccc21. The van der Waals surface area contributed by atoms with Crippen LogP contribution in [0.4, 0.5) is 17.1 Å². The molecule has 6 heteroatoms. The van der Waals surface area contributed by atoms with E-state index in [0.717, 1.165) is 44.7 Å². The van der Waals surface area contributed by atoms with Crippen molar-refractivity contribution in [2.75, 3.05) is 16.3 Å². The Balaban J connectivity index is 1.64. The molecule has 0 unspecified atom stereocenters. The average molecular weight is 458 g/mol. The highest BCUT2D eigenvalue weighted by Crippen LogP contribution is 2.51. The van der Waals surface area contributed by atoms with Gasteiger partial charge in [0.1, 0.15) is 9.93 Å². The lowest BCUT2D eigenvalue weighted by atomic mass is 10.2. The summed E-state index contributed by atoms with van der Waals surface area (Å²) in [5.74, 6) is -0.0271. The van der Waals surface area contributed by atoms with Gasteiger partial charge in [0, 0.05) is 11.4 Å². The van der Waals surface area contributed by atoms with Crippen LogP contribution in [0, 0.1) is 13.8 Å². The summed E-state index contributed by atoms with van der Waals surface area (Å²) in [6.07, 6.45) is 0. The summed E-state index contributed by atoms with van der Waals surface area (Å²) < 4.78 is 0. The lowest BCUT2D eigenvalue weighted by Crippen LogP contribution is -2.29. The van der Waals surface area contributed by atoms with E-state index < -0.39 is 0 Å². The number of aliphatic imine (C=N–C) groups is 1. The highest BCUT2D eigenvalue weighted by molar-refractivity contribution is 8.20. The third-order valence-corrected chi connectivity index (χ3v) is 7.73. The van der Waals surface area contributed by atoms with E-state index in [-0.39, 0.29) is 5.91 Å². The number of carbonyl (C=O) groups excluding carboxylic acids is 1. The number of carbonyl (C=O) groups is 1. The van der Waals surface area contributed by atoms with Gasteiger partial charge < -0.3 is 4.90 Å². The van der Waals surface area contributed by atoms with E-state index in [1.54, 1.807) is 16.7 Å². The topological polar surface area (TPSA) is 35.9 Å². The lowest BCUT2D eigenvalue weighted by molar-refractivity contribution is -0.113. The highest BCUT2D eigenvalue weighted by atomic mass is 32.2. The summed E-state index contributed by atoms with van der Waals surface area (Å²) >= 11 is 3.12. The fourth-order valence-electron chi connectivity index (χ4n) is 3.90. The molecule has 3 aromatic carbocycles. The normalized spacial score (nSPS) is 19.2. The molecule has 0 aromatic heterocycles. The number of benzene rings is 3. The van der Waals surface area contributed by atoms with Crippen LogP contribution in [0.1, 0.15) is 18.1 Å². The van der Waals surface area contributed by atoms with Gasteiger partial charge in [0.05, 0.1) is 17.1 Å². The maximum absolute atomic E-state index is 13.8. The number of amidine groups is 1. The number of nitrogens with zero attached hydrogens (tertiary/aromatic N) is 3. The third-order valence-electron chi connectivity index (χ3n) is 5.39. The van der Waals surface area contributed by atoms with Crippen LogP contribution < -0.4 is 9.80 Å². The van der Waals surface area contributed by atoms with Gasteiger partial charge in [0.15, 0.2) is 5.17 Å². The van der Waals surface area contributed by atoms with E-state index in [4.69, 9.17) is 4.99 Å². The smallest absolute Gasteiger partial charge is 0.274 e. The van der Waals surface area contributed by atoms with Gasteiger partial charge in [0.2, 0.25) is 0 Å². The maximum Gasteiger partial charge on any atom is 0.274 e. The number of fused-ring (bicyclic) bond motifs is 1. The van der Waals surface area contributed by atoms with E-state index in [1.165, 1.54) is 16.7 Å². The lowest BCUT2D eigenvalue weighted by Gasteiger charge is -2.19. The predicted molar refractivity (Wildman–Crippen MR) is 137 cm³/mol. The molecule has 0 bridgehead atoms. The second-order valence-corrected chi connectivity index (χ2v) is 9.77. The molecule has 160 valence electrons. The first-order valence-electron chi connectivity index (χ1n) is 10.6. The van der Waals surface area contributed by atoms with Gasteiger partial charge in [-0.3, -0.25) is 9.69 Å². The van der Waals surface area contributed by atoms with Crippen molar-refractivity contribution in [1.82, 2.24) is 0 Å². The van der Waals surface area contributed by atoms with Crippen LogP contribution in [0.15, 0.2) is 92.6 Å². The zero-order valence-corrected chi connectivity index (χ0v) is 19.8. The Morgan fingerprint density at radius 3 is 2.38 bits per heavy atom. The summed E-state index contributed by atoms with van der Waals surface area (Å²) in [5.41, 5.74) is 5.09. The molecule has 0 aliphatic carbocycles. The van der Waals surface area contributed by atoms with Crippen molar-refractivity contribution in [3.05, 3.63) is 93.9 Å². The first-order valence-corrected chi connectivity index (χ1v) is 12.2. The molecule has 2 aliphatic heterocycles. The summed E-state index contributed by atoms with van der Waals surface area (Å²) in [4.78, 5) is 24.6. The van der Waals surface area contributed by atoms with E-state index >= 15 is 0 Å². The Hall–Kier alpha value is -2.96. The van der Waals surface area contributed by atoms with Crippen molar-refractivity contribution in [2.45, 2.75) is 25.7 Å². The summed E-state index contributed by atoms with van der Waals surface area (Å²) in [7, 11) is 0. The molecule has 0 N–H and O–H groups in total. The number of para-hydroxylation sites is 1. The van der Waals surface area contributed by atoms with Crippen LogP contribution in [0.25, 0.3) is 0 Å². The third kappa shape index (κ3) is 3.74. The van der Waals surface area contributed by atoms with Gasteiger partial charge in [0.25, 0.3) is 5.91 Å². The fraction of sp³-hybridized carbons (Fsp3) is 0.154. The Kier molecular flexibility index (Phi) is 5.57. The zero-order valence-electron chi connectivity index (χ0n) is 18.2. The summed E-state index contributed by atoms with van der Waals surface area (Å²) in [6, 6.07) is 24.4. The molecule has 2 heterocycles. The first kappa shape index (κ1) is 20.9. The van der Waals surface area contributed by atoms with Crippen molar-refractivity contribution in [2.24, 2.45) is 4.99 Å². The van der Waals surface area contributed by atoms with Gasteiger partial charge >= 0.3 is 0 Å². The second-order valence-electron chi connectivity index (χ2n) is 7.76. The minimum Gasteiger partial charge on any atom is -0.334 e. The number of amides is 1. The molecule has 0 saturated carbocycles. The van der Waals surface area contributed by atoms with Crippen LogP contribution in [0.5, 0.6) is 0 Å². The van der Waals surface area contributed by atoms with Gasteiger partial charge in [-0.15, -0.1) is 0 Å². The molecule has 2 aliphatic rings. The fourth-order valence-corrected chi connectivity index (χ4v) is 6.29. The maximum atomic E-state index is 13.8. The molecule has 4 nitrogen and oxygen atoms in total. The van der Waals surface area contributed by atoms with Gasteiger partial charge in [-0.1, -0.05) is 48.2 Å². The van der Waals surface area contributed by atoms with Crippen LogP contribution >= 0.6 is 23.5 Å². The molecule has 0 atom stereocenters. The molecule has 1 amide bonds. The number of hydrogen-bond acceptors (Lipinski definition) is 5. The van der Waals surface area contributed by atoms with Crippen molar-refractivity contribution in [3.8, 4) is 0 Å². The Morgan fingerprint density at radius 2 is 1.62 bits per heavy atom. The van der Waals surface area contributed by atoms with E-state index in [2.05, 4.69) is 24.0 Å². The molecule has 1 saturated heterocycles. The van der Waals surface area contributed by atoms with Gasteiger partial charge in [-0.05, 0) is 80.1 Å². The molecule has 32 heavy (non-hydrogen) atoms. The van der Waals surface area contributed by atoms with Gasteiger partial charge in [-0.25, -0.2) is 4.99 Å². The van der Waals surface area contributed by atoms with Crippen molar-refractivity contribution in [1.29, 1.82) is 0 Å². The van der Waals surface area contributed by atoms with E-state index in [0.29, 0.717) is 5.17 Å². The quantitative estimate of drug-likeness (QED) is 0.402. The Morgan fingerprint density at radius 1 is 0.875 bits per heavy atom. The van der Waals surface area contributed by atoms with Crippen LogP contribution in [0.3, 0.4) is 0 Å². The minimum absolute atomic E-state index is 0.0271. The standard InChI is InChI=1S/C26H23N3OS2/c1-4-28-21-13-5-6-14-22(21)31-25(28)23-24(30)29(20-12-8-10-18(3)16-20)26(32-23)27-19-11-7-9-17(2)15-19/h5-16H,4H2,1-3H3. The van der Waals surface area contributed by atoms with E-state index in [1.807, 2.05) is 74.5 Å². The first-order chi connectivity index (χ1) is 15.5. The Labute approximate surface area is 197 Å². The largest absolute Gasteiger partial charge is 0.334 e. The van der Waals surface area contributed by atoms with Gasteiger partial charge in [-0.2, -0.15) is 0 Å². The summed E-state index contributed by atoms with van der Waals surface area (Å²) in [6.45, 7) is 7.00. The molecule has 1 fully saturated rings. The van der Waals surface area contributed by atoms with Crippen molar-refractivity contribution < 1.29 is 4.79 Å². The predicted octanol–water partition coefficient (Wildman–Crippen LogP) is 6.87. The monoisotopic (exact) mass is 457 g/mol. The molecular formula is C26H23N3OS2. The highest BCUT2D eigenvalue weighted by Gasteiger charge is 2.40. The number of aryl methyl sites for hydroxylation is 2. The molecule has 0 spiro atoms. The number of anilines is 2. The minimum atomic E-state index is -0.0271. The van der Waals surface area contributed by atoms with Crippen molar-refractivity contribution in [3.63, 3.8) is 0 Å². The van der Waals surface area contributed by atoms with Crippen molar-refractivity contribution >= 4 is 51.7 Å². The Bertz CT molecular complexity index is 1280. The average Bonchev–Trinajstić information content (AvgIpc) is 3.30. The molecule has 5 rings (SSSR count). The molecule has 0 radical (unpaired) electrons. The van der Waals surface area contributed by atoms with Crippen LogP contribution in [-0.4, -0.2) is 17.6 Å². The van der Waals surface area contributed by atoms with E-state index in [9.17, 15) is 4.79 Å². The summed E-state index contributed by atoms with van der Waals surface area (Å²) in [5, 5.41) is 1.66. The second kappa shape index (κ2) is 8.52. The molecule has 3 aromatic rings.